The molecule has 0 saturated heterocycles. The van der Waals surface area contributed by atoms with Crippen molar-refractivity contribution in [1.29, 1.82) is 0 Å². The molecule has 0 spiro atoms. The number of anilines is 1. The molecule has 2 aromatic heterocycles. The van der Waals surface area contributed by atoms with Crippen LogP contribution in [-0.2, 0) is 0 Å². The molecule has 1 aromatic carbocycles. The third-order valence-corrected chi connectivity index (χ3v) is 5.22. The smallest absolute Gasteiger partial charge is 0.433 e. The van der Waals surface area contributed by atoms with E-state index in [1.165, 1.54) is 29.4 Å². The lowest BCUT2D eigenvalue weighted by Crippen LogP contribution is -2.36. The summed E-state index contributed by atoms with van der Waals surface area (Å²) in [5.74, 6) is 0.0225. The third kappa shape index (κ3) is 4.15. The van der Waals surface area contributed by atoms with Crippen LogP contribution < -0.4 is 14.4 Å². The van der Waals surface area contributed by atoms with E-state index in [1.807, 2.05) is 19.0 Å². The summed E-state index contributed by atoms with van der Waals surface area (Å²) >= 11 is 1.27. The minimum absolute atomic E-state index is 0.131. The molecule has 0 saturated carbocycles. The molecule has 1 amide bonds. The fraction of sp³-hybridized carbons (Fsp3) is 0.333. The Bertz CT molecular complexity index is 1000. The molecule has 0 unspecified atom stereocenters. The van der Waals surface area contributed by atoms with E-state index in [0.29, 0.717) is 35.2 Å². The van der Waals surface area contributed by atoms with Crippen LogP contribution in [-0.4, -0.2) is 62.1 Å². The molecule has 0 bridgehead atoms. The monoisotopic (exact) mass is 420 g/mol. The molecule has 29 heavy (non-hydrogen) atoms. The Kier molecular flexibility index (Phi) is 5.99. The third-order valence-electron chi connectivity index (χ3n) is 4.13. The van der Waals surface area contributed by atoms with Gasteiger partial charge in [0.2, 0.25) is 0 Å². The van der Waals surface area contributed by atoms with E-state index in [9.17, 15) is 14.9 Å². The van der Waals surface area contributed by atoms with Gasteiger partial charge in [0, 0.05) is 13.1 Å². The average Bonchev–Trinajstić information content (AvgIpc) is 3.34. The number of nitrogens with zero attached hydrogens (tertiary/aromatic N) is 4. The molecule has 0 N–H and O–H groups in total. The number of ether oxygens (including phenoxy) is 2. The summed E-state index contributed by atoms with van der Waals surface area (Å²) in [6.07, 6.45) is 0. The minimum atomic E-state index is -0.686. The maximum atomic E-state index is 13.1. The Labute approximate surface area is 170 Å². The topological polar surface area (TPSA) is 111 Å². The van der Waals surface area contributed by atoms with Crippen molar-refractivity contribution in [3.05, 3.63) is 40.1 Å². The second kappa shape index (κ2) is 8.45. The molecule has 0 atom stereocenters. The molecule has 154 valence electrons. The molecule has 10 nitrogen and oxygen atoms in total. The van der Waals surface area contributed by atoms with E-state index < -0.39 is 16.7 Å². The molecular weight excluding hydrogens is 400 g/mol. The van der Waals surface area contributed by atoms with Crippen molar-refractivity contribution in [2.75, 3.05) is 46.3 Å². The molecular formula is C18H20N4O6S. The van der Waals surface area contributed by atoms with Gasteiger partial charge in [-0.1, -0.05) is 11.3 Å². The number of benzene rings is 1. The van der Waals surface area contributed by atoms with Crippen molar-refractivity contribution in [2.45, 2.75) is 0 Å². The fourth-order valence-electron chi connectivity index (χ4n) is 2.65. The van der Waals surface area contributed by atoms with E-state index in [2.05, 4.69) is 4.98 Å². The number of methoxy groups -OCH3 is 2. The van der Waals surface area contributed by atoms with Gasteiger partial charge in [-0.25, -0.2) is 4.98 Å². The lowest BCUT2D eigenvalue weighted by molar-refractivity contribution is -0.402. The van der Waals surface area contributed by atoms with Crippen LogP contribution in [0, 0.1) is 10.1 Å². The lowest BCUT2D eigenvalue weighted by Gasteiger charge is -2.20. The van der Waals surface area contributed by atoms with Crippen molar-refractivity contribution in [2.24, 2.45) is 0 Å². The molecule has 0 aliphatic rings. The minimum Gasteiger partial charge on any atom is -0.495 e. The number of thiazole rings is 1. The Morgan fingerprint density at radius 3 is 2.45 bits per heavy atom. The van der Waals surface area contributed by atoms with Crippen molar-refractivity contribution in [3.63, 3.8) is 0 Å². The molecule has 0 aliphatic heterocycles. The Hall–Kier alpha value is -3.18. The zero-order valence-electron chi connectivity index (χ0n) is 16.4. The number of rotatable bonds is 8. The van der Waals surface area contributed by atoms with E-state index in [4.69, 9.17) is 13.9 Å². The van der Waals surface area contributed by atoms with Gasteiger partial charge in [-0.2, -0.15) is 0 Å². The summed E-state index contributed by atoms with van der Waals surface area (Å²) in [5, 5.41) is 11.3. The molecule has 3 rings (SSSR count). The van der Waals surface area contributed by atoms with Crippen LogP contribution in [0.5, 0.6) is 11.5 Å². The first-order valence-electron chi connectivity index (χ1n) is 8.58. The first kappa shape index (κ1) is 20.6. The van der Waals surface area contributed by atoms with Gasteiger partial charge in [0.15, 0.2) is 10.9 Å². The highest BCUT2D eigenvalue weighted by Crippen LogP contribution is 2.40. The number of nitro groups is 1. The van der Waals surface area contributed by atoms with Gasteiger partial charge in [-0.3, -0.25) is 19.8 Å². The highest BCUT2D eigenvalue weighted by Gasteiger charge is 2.27. The first-order valence-corrected chi connectivity index (χ1v) is 9.39. The van der Waals surface area contributed by atoms with E-state index >= 15 is 0 Å². The van der Waals surface area contributed by atoms with Crippen molar-refractivity contribution < 1.29 is 23.6 Å². The number of amides is 1. The van der Waals surface area contributed by atoms with Crippen LogP contribution in [0.4, 0.5) is 11.0 Å². The van der Waals surface area contributed by atoms with Crippen molar-refractivity contribution >= 4 is 38.5 Å². The van der Waals surface area contributed by atoms with Gasteiger partial charge in [-0.15, -0.1) is 0 Å². The number of fused-ring (bicyclic) bond motifs is 1. The number of likely N-dealkylation sites (N-methyl/N-ethyl adjacent to an activating group) is 1. The van der Waals surface area contributed by atoms with E-state index in [0.717, 1.165) is 10.8 Å². The summed E-state index contributed by atoms with van der Waals surface area (Å²) < 4.78 is 16.6. The average molecular weight is 420 g/mol. The van der Waals surface area contributed by atoms with E-state index in [1.54, 1.807) is 19.2 Å². The molecule has 0 fully saturated rings. The summed E-state index contributed by atoms with van der Waals surface area (Å²) in [4.78, 5) is 31.2. The Morgan fingerprint density at radius 2 is 1.86 bits per heavy atom. The molecule has 2 heterocycles. The van der Waals surface area contributed by atoms with Crippen LogP contribution in [0.2, 0.25) is 0 Å². The SMILES string of the molecule is COc1ccc(OC)c2sc(N(CCN(C)C)C(=O)c3ccc([N+](=O)[O-])o3)nc12. The quantitative estimate of drug-likeness (QED) is 0.404. The van der Waals surface area contributed by atoms with Gasteiger partial charge >= 0.3 is 5.88 Å². The molecule has 3 aromatic rings. The van der Waals surface area contributed by atoms with Crippen LogP contribution in [0.1, 0.15) is 10.6 Å². The molecule has 0 aliphatic carbocycles. The lowest BCUT2D eigenvalue weighted by atomic mass is 10.3. The number of aromatic nitrogens is 1. The van der Waals surface area contributed by atoms with Gasteiger partial charge in [0.25, 0.3) is 5.91 Å². The van der Waals surface area contributed by atoms with Crippen molar-refractivity contribution in [1.82, 2.24) is 9.88 Å². The second-order valence-corrected chi connectivity index (χ2v) is 7.28. The zero-order chi connectivity index (χ0) is 21.1. The van der Waals surface area contributed by atoms with Crippen LogP contribution in [0.25, 0.3) is 10.2 Å². The van der Waals surface area contributed by atoms with Gasteiger partial charge in [0.1, 0.15) is 26.6 Å². The van der Waals surface area contributed by atoms with Crippen LogP contribution >= 0.6 is 11.3 Å². The predicted octanol–water partition coefficient (Wildman–Crippen LogP) is 3.02. The fourth-order valence-corrected chi connectivity index (χ4v) is 3.75. The highest BCUT2D eigenvalue weighted by molar-refractivity contribution is 7.22. The van der Waals surface area contributed by atoms with E-state index in [-0.39, 0.29) is 5.76 Å². The number of hydrogen-bond acceptors (Lipinski definition) is 9. The van der Waals surface area contributed by atoms with Gasteiger partial charge in [-0.05, 0) is 32.3 Å². The highest BCUT2D eigenvalue weighted by atomic mass is 32.1. The summed E-state index contributed by atoms with van der Waals surface area (Å²) in [6, 6.07) is 5.96. The first-order chi connectivity index (χ1) is 13.8. The van der Waals surface area contributed by atoms with Gasteiger partial charge < -0.3 is 18.8 Å². The Balaban J connectivity index is 2.06. The largest absolute Gasteiger partial charge is 0.495 e. The standard InChI is InChI=1S/C18H20N4O6S/c1-20(2)9-10-21(17(23)13-7-8-14(28-13)22(24)25)18-19-15-11(26-3)5-6-12(27-4)16(15)29-18/h5-8H,9-10H2,1-4H3. The van der Waals surface area contributed by atoms with Gasteiger partial charge in [0.05, 0.1) is 20.3 Å². The molecule has 11 heteroatoms. The van der Waals surface area contributed by atoms with Crippen LogP contribution in [0.15, 0.2) is 28.7 Å². The maximum absolute atomic E-state index is 13.1. The number of carbonyl (C=O) groups is 1. The predicted molar refractivity (Wildman–Crippen MR) is 108 cm³/mol. The summed E-state index contributed by atoms with van der Waals surface area (Å²) in [7, 11) is 6.85. The molecule has 0 radical (unpaired) electrons. The van der Waals surface area contributed by atoms with Crippen molar-refractivity contribution in [3.8, 4) is 11.5 Å². The Morgan fingerprint density at radius 1 is 1.17 bits per heavy atom. The summed E-state index contributed by atoms with van der Waals surface area (Å²) in [6.45, 7) is 0.865. The number of hydrogen-bond donors (Lipinski definition) is 0. The zero-order valence-corrected chi connectivity index (χ0v) is 17.2. The number of carbonyl (C=O) groups excluding carboxylic acids is 1. The van der Waals surface area contributed by atoms with Crippen LogP contribution in [0.3, 0.4) is 0 Å². The second-order valence-electron chi connectivity index (χ2n) is 6.30. The number of furan rings is 1. The maximum Gasteiger partial charge on any atom is 0.433 e. The normalized spacial score (nSPS) is 11.1. The summed E-state index contributed by atoms with van der Waals surface area (Å²) in [5.41, 5.74) is 0.569.